The quantitative estimate of drug-likeness (QED) is 0.609. The van der Waals surface area contributed by atoms with Gasteiger partial charge >= 0.3 is 16.6 Å². The van der Waals surface area contributed by atoms with E-state index in [1.54, 1.807) is 0 Å². The van der Waals surface area contributed by atoms with E-state index in [4.69, 9.17) is 4.16 Å². The fourth-order valence-electron chi connectivity index (χ4n) is 1.02. The van der Waals surface area contributed by atoms with Crippen LogP contribution in [0.15, 0.2) is 42.6 Å². The molecule has 2 aromatic rings. The van der Waals surface area contributed by atoms with Gasteiger partial charge in [-0.2, -0.15) is 0 Å². The highest BCUT2D eigenvalue weighted by molar-refractivity contribution is 5.95. The van der Waals surface area contributed by atoms with Crippen LogP contribution in [0.5, 0.6) is 0 Å². The summed E-state index contributed by atoms with van der Waals surface area (Å²) in [5, 5.41) is 1.20. The Morgan fingerprint density at radius 3 is 2.42 bits per heavy atom. The van der Waals surface area contributed by atoms with Gasteiger partial charge in [-0.15, -0.1) is 0 Å². The summed E-state index contributed by atoms with van der Waals surface area (Å²) in [6, 6.07) is 12.1. The van der Waals surface area contributed by atoms with E-state index in [2.05, 4.69) is 17.1 Å². The highest BCUT2D eigenvalue weighted by atomic mass is 27.1. The van der Waals surface area contributed by atoms with Crippen molar-refractivity contribution in [1.29, 1.82) is 0 Å². The Morgan fingerprint density at radius 1 is 1.00 bits per heavy atom. The Bertz CT molecular complexity index is 286. The molecule has 0 bridgehead atoms. The first kappa shape index (κ1) is 9.21. The van der Waals surface area contributed by atoms with E-state index < -0.39 is 0 Å². The summed E-state index contributed by atoms with van der Waals surface area (Å²) in [4.78, 5) is 4.18. The molecule has 1 aromatic heterocycles. The van der Waals surface area contributed by atoms with E-state index >= 15 is 0 Å². The zero-order chi connectivity index (χ0) is 8.81. The van der Waals surface area contributed by atoms with Gasteiger partial charge in [-0.3, -0.25) is 4.98 Å². The number of nitrogens with zero attached hydrogens (tertiary/aromatic N) is 1. The maximum atomic E-state index is 6.92. The summed E-state index contributed by atoms with van der Waals surface area (Å²) >= 11 is 1.42. The summed E-state index contributed by atoms with van der Waals surface area (Å²) in [7, 11) is 0. The minimum absolute atomic E-state index is 1.06. The van der Waals surface area contributed by atoms with Crippen LogP contribution < -0.4 is 0 Å². The van der Waals surface area contributed by atoms with Gasteiger partial charge in [0.05, 0.1) is 5.52 Å². The summed E-state index contributed by atoms with van der Waals surface area (Å²) in [6.07, 6.45) is 1.81. The first-order valence-electron chi connectivity index (χ1n) is 3.52. The average Bonchev–Trinajstić information content (AvgIpc) is 2.21. The van der Waals surface area contributed by atoms with Crippen molar-refractivity contribution in [3.8, 4) is 0 Å². The van der Waals surface area contributed by atoms with Crippen molar-refractivity contribution in [1.82, 2.24) is 4.98 Å². The molecule has 0 atom stereocenters. The van der Waals surface area contributed by atoms with Crippen molar-refractivity contribution in [3.05, 3.63) is 42.6 Å². The van der Waals surface area contributed by atoms with E-state index in [1.807, 2.05) is 30.5 Å². The van der Waals surface area contributed by atoms with Crippen LogP contribution in [0.1, 0.15) is 0 Å². The molecule has 1 heterocycles. The molecule has 0 aliphatic heterocycles. The third-order valence-corrected chi connectivity index (χ3v) is 1.51. The summed E-state index contributed by atoms with van der Waals surface area (Å²) in [5.41, 5.74) is 1.06. The predicted molar refractivity (Wildman–Crippen MR) is 49.7 cm³/mol. The Balaban J connectivity index is 0.000000336. The van der Waals surface area contributed by atoms with E-state index in [9.17, 15) is 0 Å². The number of para-hydroxylation sites is 1. The largest absolute Gasteiger partial charge is 0.529 e. The monoisotopic (exact) mass is 173 g/mol. The molecule has 0 amide bonds. The van der Waals surface area contributed by atoms with Crippen molar-refractivity contribution in [2.75, 3.05) is 0 Å². The van der Waals surface area contributed by atoms with E-state index in [-0.39, 0.29) is 0 Å². The third-order valence-electron chi connectivity index (χ3n) is 1.51. The maximum absolute atomic E-state index is 6.92. The van der Waals surface area contributed by atoms with E-state index in [0.29, 0.717) is 0 Å². The van der Waals surface area contributed by atoms with Crippen LogP contribution >= 0.6 is 0 Å². The van der Waals surface area contributed by atoms with Gasteiger partial charge in [0.1, 0.15) is 0 Å². The van der Waals surface area contributed by atoms with Crippen molar-refractivity contribution >= 4 is 27.5 Å². The molecule has 0 saturated heterocycles. The van der Waals surface area contributed by atoms with Crippen LogP contribution in [0.2, 0.25) is 0 Å². The number of fused-ring (bicyclic) bond motifs is 1. The van der Waals surface area contributed by atoms with Crippen LogP contribution in [0, 0.1) is 0 Å². The highest BCUT2D eigenvalue weighted by Crippen LogP contribution is 2.07. The molecule has 0 aliphatic carbocycles. The lowest BCUT2D eigenvalue weighted by Crippen LogP contribution is -1.73. The predicted octanol–water partition coefficient (Wildman–Crippen LogP) is 1.30. The molecule has 2 radical (unpaired) electrons. The summed E-state index contributed by atoms with van der Waals surface area (Å²) in [5.74, 6) is 0. The second kappa shape index (κ2) is 4.89. The van der Waals surface area contributed by atoms with Gasteiger partial charge in [-0.1, -0.05) is 24.3 Å². The first-order valence-corrected chi connectivity index (χ1v) is 4.04. The van der Waals surface area contributed by atoms with Gasteiger partial charge in [0.15, 0.2) is 0 Å². The molecule has 2 rings (SSSR count). The van der Waals surface area contributed by atoms with Crippen molar-refractivity contribution in [2.45, 2.75) is 0 Å². The number of hydrogen-bond donors (Lipinski definition) is 1. The molecule has 0 fully saturated rings. The summed E-state index contributed by atoms with van der Waals surface area (Å²) < 4.78 is 6.92. The van der Waals surface area contributed by atoms with Gasteiger partial charge in [0.2, 0.25) is 0 Å². The lowest BCUT2D eigenvalue weighted by Gasteiger charge is -1.91. The second-order valence-electron chi connectivity index (χ2n) is 2.20. The molecule has 0 spiro atoms. The molecule has 3 heteroatoms. The zero-order valence-electron chi connectivity index (χ0n) is 6.51. The van der Waals surface area contributed by atoms with Crippen LogP contribution in [-0.4, -0.2) is 25.8 Å². The van der Waals surface area contributed by atoms with Gasteiger partial charge in [-0.25, -0.2) is 0 Å². The zero-order valence-corrected chi connectivity index (χ0v) is 7.67. The molecule has 0 unspecified atom stereocenters. The third kappa shape index (κ3) is 2.05. The maximum Gasteiger partial charge on any atom is 0.363 e. The number of hydrogen-bond acceptors (Lipinski definition) is 2. The Morgan fingerprint density at radius 2 is 1.67 bits per heavy atom. The normalized spacial score (nSPS) is 8.75. The minimum atomic E-state index is 1.06. The molecule has 0 aliphatic rings. The van der Waals surface area contributed by atoms with Crippen molar-refractivity contribution in [3.63, 3.8) is 0 Å². The SMILES string of the molecule is [OH][Al].c1ccc2ncccc2c1. The Kier molecular flexibility index (Phi) is 3.76. The Labute approximate surface area is 79.6 Å². The van der Waals surface area contributed by atoms with Crippen molar-refractivity contribution in [2.24, 2.45) is 0 Å². The number of aromatic nitrogens is 1. The minimum Gasteiger partial charge on any atom is -0.529 e. The second-order valence-corrected chi connectivity index (χ2v) is 2.20. The van der Waals surface area contributed by atoms with Crippen LogP contribution in [0.3, 0.4) is 0 Å². The number of rotatable bonds is 0. The fourth-order valence-corrected chi connectivity index (χ4v) is 1.02. The summed E-state index contributed by atoms with van der Waals surface area (Å²) in [6.45, 7) is 0. The van der Waals surface area contributed by atoms with Gasteiger partial charge < -0.3 is 4.16 Å². The molecule has 1 aromatic carbocycles. The molecular weight excluding hydrogens is 165 g/mol. The lowest BCUT2D eigenvalue weighted by atomic mass is 10.2. The van der Waals surface area contributed by atoms with Gasteiger partial charge in [0, 0.05) is 11.6 Å². The molecule has 12 heavy (non-hydrogen) atoms. The number of pyridine rings is 1. The molecule has 0 saturated carbocycles. The lowest BCUT2D eigenvalue weighted by molar-refractivity contribution is 0.629. The van der Waals surface area contributed by atoms with Crippen LogP contribution in [0.4, 0.5) is 0 Å². The average molecular weight is 173 g/mol. The van der Waals surface area contributed by atoms with Crippen LogP contribution in [-0.2, 0) is 0 Å². The molecule has 58 valence electrons. The Hall–Kier alpha value is -0.878. The fraction of sp³-hybridized carbons (Fsp3) is 0. The van der Waals surface area contributed by atoms with E-state index in [1.165, 1.54) is 22.0 Å². The molecule has 1 N–H and O–H groups in total. The molecular formula is C9H8AlNO. The standard InChI is InChI=1S/C9H7N.Al.H2O/c1-2-6-9-8(4-1)5-3-7-10-9;;/h1-7H;;1H2/q;+1;/p-1. The van der Waals surface area contributed by atoms with Gasteiger partial charge in [0.25, 0.3) is 0 Å². The van der Waals surface area contributed by atoms with Gasteiger partial charge in [-0.05, 0) is 12.1 Å². The topological polar surface area (TPSA) is 33.1 Å². The van der Waals surface area contributed by atoms with Crippen LogP contribution in [0.25, 0.3) is 10.9 Å². The van der Waals surface area contributed by atoms with Crippen molar-refractivity contribution < 1.29 is 4.16 Å². The highest BCUT2D eigenvalue weighted by Gasteiger charge is 1.86. The first-order chi connectivity index (χ1) is 5.97. The number of benzene rings is 1. The smallest absolute Gasteiger partial charge is 0.363 e. The molecule has 2 nitrogen and oxygen atoms in total. The van der Waals surface area contributed by atoms with E-state index in [0.717, 1.165) is 5.52 Å².